The highest BCUT2D eigenvalue weighted by Gasteiger charge is 2.29. The molecule has 1 unspecified atom stereocenters. The van der Waals surface area contributed by atoms with Crippen LogP contribution in [0.5, 0.6) is 0 Å². The summed E-state index contributed by atoms with van der Waals surface area (Å²) < 4.78 is 2.23. The first-order valence-corrected chi connectivity index (χ1v) is 6.43. The van der Waals surface area contributed by atoms with Gasteiger partial charge in [0.25, 0.3) is 0 Å². The van der Waals surface area contributed by atoms with E-state index in [1.807, 2.05) is 7.05 Å². The van der Waals surface area contributed by atoms with Gasteiger partial charge >= 0.3 is 0 Å². The highest BCUT2D eigenvalue weighted by atomic mass is 15.4. The second-order valence-electron chi connectivity index (χ2n) is 5.36. The van der Waals surface area contributed by atoms with E-state index in [9.17, 15) is 0 Å². The fourth-order valence-corrected chi connectivity index (χ4v) is 2.97. The van der Waals surface area contributed by atoms with Gasteiger partial charge in [-0.15, -0.1) is 0 Å². The normalized spacial score (nSPS) is 19.4. The van der Waals surface area contributed by atoms with E-state index in [0.717, 1.165) is 19.6 Å². The Kier molecular flexibility index (Phi) is 3.54. The molecule has 17 heavy (non-hydrogen) atoms. The summed E-state index contributed by atoms with van der Waals surface area (Å²) in [4.78, 5) is 2.33. The van der Waals surface area contributed by atoms with Gasteiger partial charge in [0.05, 0.1) is 11.7 Å². The Bertz CT molecular complexity index is 390. The quantitative estimate of drug-likeness (QED) is 0.855. The molecule has 1 saturated heterocycles. The Hall–Kier alpha value is -0.870. The average molecular weight is 236 g/mol. The van der Waals surface area contributed by atoms with Gasteiger partial charge in [-0.2, -0.15) is 5.10 Å². The molecule has 4 nitrogen and oxygen atoms in total. The summed E-state index contributed by atoms with van der Waals surface area (Å²) in [6.45, 7) is 9.87. The number of likely N-dealkylation sites (N-methyl/N-ethyl adjacent to an activating group) is 2. The summed E-state index contributed by atoms with van der Waals surface area (Å²) in [6, 6.07) is 0.578. The van der Waals surface area contributed by atoms with E-state index in [2.05, 4.69) is 42.7 Å². The molecule has 4 heteroatoms. The largest absolute Gasteiger partial charge is 0.319 e. The summed E-state index contributed by atoms with van der Waals surface area (Å²) in [5.41, 5.74) is 3.97. The smallest absolute Gasteiger partial charge is 0.0775 e. The Balaban J connectivity index is 2.22. The van der Waals surface area contributed by atoms with Crippen LogP contribution in [0.25, 0.3) is 0 Å². The van der Waals surface area contributed by atoms with Crippen molar-refractivity contribution < 1.29 is 0 Å². The minimum Gasteiger partial charge on any atom is -0.319 e. The van der Waals surface area contributed by atoms with Crippen LogP contribution in [0.2, 0.25) is 0 Å². The first kappa shape index (κ1) is 12.6. The van der Waals surface area contributed by atoms with Crippen LogP contribution in [0, 0.1) is 13.8 Å². The molecule has 1 aromatic heterocycles. The molecule has 0 aliphatic carbocycles. The number of rotatable bonds is 4. The van der Waals surface area contributed by atoms with E-state index in [4.69, 9.17) is 5.10 Å². The van der Waals surface area contributed by atoms with Crippen LogP contribution in [0.1, 0.15) is 35.8 Å². The van der Waals surface area contributed by atoms with Crippen molar-refractivity contribution in [2.24, 2.45) is 0 Å². The number of nitrogens with one attached hydrogen (secondary N) is 1. The van der Waals surface area contributed by atoms with Crippen LogP contribution in [-0.4, -0.2) is 48.4 Å². The second-order valence-corrected chi connectivity index (χ2v) is 5.36. The molecule has 0 saturated carbocycles. The van der Waals surface area contributed by atoms with Gasteiger partial charge in [-0.05, 0) is 33.9 Å². The third kappa shape index (κ3) is 2.24. The molecule has 0 amide bonds. The highest BCUT2D eigenvalue weighted by Crippen LogP contribution is 2.28. The zero-order valence-electron chi connectivity index (χ0n) is 11.6. The van der Waals surface area contributed by atoms with Crippen LogP contribution in [0.15, 0.2) is 0 Å². The van der Waals surface area contributed by atoms with Gasteiger partial charge in [-0.25, -0.2) is 0 Å². The van der Waals surface area contributed by atoms with Crippen molar-refractivity contribution in [1.82, 2.24) is 20.0 Å². The lowest BCUT2D eigenvalue weighted by atomic mass is 9.99. The molecule has 0 spiro atoms. The molecule has 0 aromatic carbocycles. The Morgan fingerprint density at radius 3 is 2.59 bits per heavy atom. The lowest BCUT2D eigenvalue weighted by Gasteiger charge is -2.36. The van der Waals surface area contributed by atoms with Crippen molar-refractivity contribution in [3.05, 3.63) is 17.0 Å². The third-order valence-corrected chi connectivity index (χ3v) is 3.77. The average Bonchev–Trinajstić information content (AvgIpc) is 2.50. The maximum absolute atomic E-state index is 4.73. The predicted molar refractivity (Wildman–Crippen MR) is 70.6 cm³/mol. The fourth-order valence-electron chi connectivity index (χ4n) is 2.97. The first-order valence-electron chi connectivity index (χ1n) is 6.43. The van der Waals surface area contributed by atoms with E-state index in [1.165, 1.54) is 17.0 Å². The number of nitrogens with zero attached hydrogens (tertiary/aromatic N) is 3. The Morgan fingerprint density at radius 2 is 2.06 bits per heavy atom. The Labute approximate surface area is 104 Å². The summed E-state index contributed by atoms with van der Waals surface area (Å²) in [5, 5.41) is 7.98. The summed E-state index contributed by atoms with van der Waals surface area (Å²) >= 11 is 0. The molecule has 1 atom stereocenters. The monoisotopic (exact) mass is 236 g/mol. The summed E-state index contributed by atoms with van der Waals surface area (Å²) in [5.74, 6) is 0.534. The standard InChI is InChI=1S/C13H24N4/c1-9(6-14-4)13-10(2)15-17(11(13)3)12-7-16(5)8-12/h9,12,14H,6-8H2,1-5H3. The molecule has 1 aliphatic heterocycles. The SMILES string of the molecule is CNCC(C)c1c(C)nn(C2CN(C)C2)c1C. The van der Waals surface area contributed by atoms with E-state index in [0.29, 0.717) is 12.0 Å². The maximum Gasteiger partial charge on any atom is 0.0775 e. The van der Waals surface area contributed by atoms with E-state index in [1.54, 1.807) is 0 Å². The van der Waals surface area contributed by atoms with Gasteiger partial charge in [0, 0.05) is 30.9 Å². The number of aromatic nitrogens is 2. The molecule has 1 aliphatic rings. The van der Waals surface area contributed by atoms with Crippen molar-refractivity contribution >= 4 is 0 Å². The summed E-state index contributed by atoms with van der Waals surface area (Å²) in [6.07, 6.45) is 0. The van der Waals surface area contributed by atoms with Gasteiger partial charge < -0.3 is 10.2 Å². The van der Waals surface area contributed by atoms with Crippen LogP contribution < -0.4 is 5.32 Å². The van der Waals surface area contributed by atoms with Gasteiger partial charge in [0.2, 0.25) is 0 Å². The molecule has 1 aromatic rings. The van der Waals surface area contributed by atoms with Gasteiger partial charge in [-0.3, -0.25) is 4.68 Å². The van der Waals surface area contributed by atoms with Crippen LogP contribution in [0.3, 0.4) is 0 Å². The minimum absolute atomic E-state index is 0.534. The highest BCUT2D eigenvalue weighted by molar-refractivity contribution is 5.29. The van der Waals surface area contributed by atoms with E-state index < -0.39 is 0 Å². The lowest BCUT2D eigenvalue weighted by molar-refractivity contribution is 0.128. The molecule has 2 heterocycles. The van der Waals surface area contributed by atoms with Crippen molar-refractivity contribution in [1.29, 1.82) is 0 Å². The molecular formula is C13H24N4. The Morgan fingerprint density at radius 1 is 1.41 bits per heavy atom. The van der Waals surface area contributed by atoms with Crippen LogP contribution >= 0.6 is 0 Å². The zero-order chi connectivity index (χ0) is 12.6. The molecule has 1 N–H and O–H groups in total. The van der Waals surface area contributed by atoms with Crippen LogP contribution in [-0.2, 0) is 0 Å². The predicted octanol–water partition coefficient (Wildman–Crippen LogP) is 1.31. The first-order chi connectivity index (χ1) is 8.04. The van der Waals surface area contributed by atoms with Crippen molar-refractivity contribution in [3.8, 4) is 0 Å². The molecule has 96 valence electrons. The number of aryl methyl sites for hydroxylation is 1. The topological polar surface area (TPSA) is 33.1 Å². The van der Waals surface area contributed by atoms with Crippen molar-refractivity contribution in [3.63, 3.8) is 0 Å². The molecule has 0 radical (unpaired) electrons. The zero-order valence-corrected chi connectivity index (χ0v) is 11.6. The van der Waals surface area contributed by atoms with Crippen molar-refractivity contribution in [2.45, 2.75) is 32.7 Å². The maximum atomic E-state index is 4.73. The van der Waals surface area contributed by atoms with Crippen molar-refractivity contribution in [2.75, 3.05) is 33.7 Å². The fraction of sp³-hybridized carbons (Fsp3) is 0.769. The second kappa shape index (κ2) is 4.78. The van der Waals surface area contributed by atoms with Crippen LogP contribution in [0.4, 0.5) is 0 Å². The van der Waals surface area contributed by atoms with Gasteiger partial charge in [-0.1, -0.05) is 6.92 Å². The number of hydrogen-bond donors (Lipinski definition) is 1. The van der Waals surface area contributed by atoms with Gasteiger partial charge in [0.1, 0.15) is 0 Å². The number of likely N-dealkylation sites (tertiary alicyclic amines) is 1. The molecule has 2 rings (SSSR count). The summed E-state index contributed by atoms with van der Waals surface area (Å²) in [7, 11) is 4.17. The molecule has 0 bridgehead atoms. The minimum atomic E-state index is 0.534. The number of hydrogen-bond acceptors (Lipinski definition) is 3. The molecular weight excluding hydrogens is 212 g/mol. The molecule has 1 fully saturated rings. The van der Waals surface area contributed by atoms with E-state index >= 15 is 0 Å². The van der Waals surface area contributed by atoms with E-state index in [-0.39, 0.29) is 0 Å². The lowest BCUT2D eigenvalue weighted by Crippen LogP contribution is -2.45. The third-order valence-electron chi connectivity index (χ3n) is 3.77. The van der Waals surface area contributed by atoms with Gasteiger partial charge in [0.15, 0.2) is 0 Å².